The lowest BCUT2D eigenvalue weighted by molar-refractivity contribution is -0.207. The summed E-state index contributed by atoms with van der Waals surface area (Å²) in [4.78, 5) is 3.95. The molecule has 1 atom stereocenters. The van der Waals surface area contributed by atoms with E-state index >= 15 is 0 Å². The van der Waals surface area contributed by atoms with Gasteiger partial charge in [0.15, 0.2) is 6.10 Å². The molecule has 1 aromatic heterocycles. The molecule has 0 aliphatic heterocycles. The van der Waals surface area contributed by atoms with Crippen LogP contribution >= 0.6 is 0 Å². The van der Waals surface area contributed by atoms with Crippen LogP contribution in [0.4, 0.5) is 13.2 Å². The zero-order valence-corrected chi connectivity index (χ0v) is 9.40. The molecule has 96 valence electrons. The van der Waals surface area contributed by atoms with Crippen LogP contribution in [0, 0.1) is 0 Å². The van der Waals surface area contributed by atoms with Crippen molar-refractivity contribution in [2.24, 2.45) is 0 Å². The minimum atomic E-state index is -4.75. The summed E-state index contributed by atoms with van der Waals surface area (Å²) in [7, 11) is 1.21. The molecule has 0 spiro atoms. The normalized spacial score (nSPS) is 13.6. The number of benzene rings is 1. The third-order valence-electron chi connectivity index (χ3n) is 2.51. The Morgan fingerprint density at radius 2 is 1.94 bits per heavy atom. The molecule has 6 heteroatoms. The van der Waals surface area contributed by atoms with Crippen LogP contribution in [0.5, 0.6) is 5.88 Å². The smallest absolute Gasteiger partial charge is 0.418 e. The van der Waals surface area contributed by atoms with Crippen LogP contribution in [0.2, 0.25) is 0 Å². The summed E-state index contributed by atoms with van der Waals surface area (Å²) < 4.78 is 42.4. The molecule has 0 saturated carbocycles. The number of hydrogen-bond acceptors (Lipinski definition) is 3. The Hall–Kier alpha value is -1.82. The number of rotatable bonds is 2. The minimum Gasteiger partial charge on any atom is -0.481 e. The van der Waals surface area contributed by atoms with Crippen LogP contribution in [0.15, 0.2) is 30.3 Å². The van der Waals surface area contributed by atoms with Gasteiger partial charge in [-0.05, 0) is 12.1 Å². The first-order valence-electron chi connectivity index (χ1n) is 5.12. The maximum Gasteiger partial charge on any atom is 0.418 e. The van der Waals surface area contributed by atoms with Crippen LogP contribution < -0.4 is 4.74 Å². The predicted octanol–water partition coefficient (Wildman–Crippen LogP) is 2.84. The number of nitrogens with zero attached hydrogens (tertiary/aromatic N) is 1. The first-order valence-corrected chi connectivity index (χ1v) is 5.12. The van der Waals surface area contributed by atoms with Gasteiger partial charge in [-0.25, -0.2) is 4.98 Å². The summed E-state index contributed by atoms with van der Waals surface area (Å²) in [5, 5.41) is 9.79. The van der Waals surface area contributed by atoms with Gasteiger partial charge in [0, 0.05) is 5.39 Å². The van der Waals surface area contributed by atoms with Crippen LogP contribution in [-0.2, 0) is 0 Å². The molecule has 1 N–H and O–H groups in total. The van der Waals surface area contributed by atoms with Gasteiger partial charge in [-0.15, -0.1) is 0 Å². The Morgan fingerprint density at radius 1 is 1.28 bits per heavy atom. The summed E-state index contributed by atoms with van der Waals surface area (Å²) in [5.74, 6) is -0.224. The highest BCUT2D eigenvalue weighted by molar-refractivity contribution is 5.80. The van der Waals surface area contributed by atoms with Crippen molar-refractivity contribution in [3.8, 4) is 5.88 Å². The van der Waals surface area contributed by atoms with E-state index in [0.29, 0.717) is 10.9 Å². The highest BCUT2D eigenvalue weighted by Crippen LogP contribution is 2.37. The average molecular weight is 257 g/mol. The van der Waals surface area contributed by atoms with Gasteiger partial charge < -0.3 is 9.84 Å². The fraction of sp³-hybridized carbons (Fsp3) is 0.250. The zero-order valence-electron chi connectivity index (χ0n) is 9.40. The van der Waals surface area contributed by atoms with Crippen molar-refractivity contribution in [1.29, 1.82) is 0 Å². The van der Waals surface area contributed by atoms with E-state index in [1.54, 1.807) is 24.3 Å². The van der Waals surface area contributed by atoms with Crippen molar-refractivity contribution in [3.05, 3.63) is 35.9 Å². The minimum absolute atomic E-state index is 0.224. The Labute approximate surface area is 101 Å². The number of pyridine rings is 1. The van der Waals surface area contributed by atoms with Gasteiger partial charge in [-0.1, -0.05) is 18.2 Å². The number of aliphatic hydroxyl groups is 1. The van der Waals surface area contributed by atoms with Gasteiger partial charge >= 0.3 is 6.18 Å². The van der Waals surface area contributed by atoms with E-state index in [0.717, 1.165) is 0 Å². The summed E-state index contributed by atoms with van der Waals surface area (Å²) in [6, 6.07) is 7.91. The third-order valence-corrected chi connectivity index (χ3v) is 2.51. The maximum atomic E-state index is 12.5. The second-order valence-electron chi connectivity index (χ2n) is 3.72. The third kappa shape index (κ3) is 2.24. The lowest BCUT2D eigenvalue weighted by Crippen LogP contribution is -2.21. The molecule has 0 amide bonds. The van der Waals surface area contributed by atoms with Crippen molar-refractivity contribution >= 4 is 10.9 Å². The molecule has 1 unspecified atom stereocenters. The fourth-order valence-electron chi connectivity index (χ4n) is 1.65. The number of ether oxygens (including phenoxy) is 1. The van der Waals surface area contributed by atoms with Crippen molar-refractivity contribution in [2.45, 2.75) is 12.3 Å². The molecule has 0 aliphatic rings. The Morgan fingerprint density at radius 3 is 2.56 bits per heavy atom. The molecular formula is C12H10F3NO2. The molecule has 2 aromatic rings. The van der Waals surface area contributed by atoms with Crippen LogP contribution in [0.3, 0.4) is 0 Å². The number of halogens is 3. The van der Waals surface area contributed by atoms with Gasteiger partial charge in [0.05, 0.1) is 18.2 Å². The van der Waals surface area contributed by atoms with E-state index < -0.39 is 12.3 Å². The molecule has 3 nitrogen and oxygen atoms in total. The van der Waals surface area contributed by atoms with E-state index in [1.807, 2.05) is 0 Å². The lowest BCUT2D eigenvalue weighted by Gasteiger charge is -2.17. The number of aliphatic hydroxyl groups excluding tert-OH is 1. The lowest BCUT2D eigenvalue weighted by atomic mass is 10.1. The first kappa shape index (κ1) is 12.6. The summed E-state index contributed by atoms with van der Waals surface area (Å²) in [6.45, 7) is 0. The molecule has 0 bridgehead atoms. The van der Waals surface area contributed by atoms with Crippen molar-refractivity contribution in [1.82, 2.24) is 4.98 Å². The molecule has 2 rings (SSSR count). The summed E-state index contributed by atoms with van der Waals surface area (Å²) >= 11 is 0. The van der Waals surface area contributed by atoms with E-state index in [-0.39, 0.29) is 11.4 Å². The molecule has 0 saturated heterocycles. The molecule has 0 aliphatic carbocycles. The molecular weight excluding hydrogens is 247 g/mol. The number of methoxy groups -OCH3 is 1. The number of aromatic nitrogens is 1. The number of fused-ring (bicyclic) bond motifs is 1. The zero-order chi connectivity index (χ0) is 13.3. The molecule has 0 radical (unpaired) electrons. The maximum absolute atomic E-state index is 12.5. The second-order valence-corrected chi connectivity index (χ2v) is 3.72. The second kappa shape index (κ2) is 4.45. The van der Waals surface area contributed by atoms with Gasteiger partial charge in [0.2, 0.25) is 5.88 Å². The number of hydrogen-bond donors (Lipinski definition) is 1. The van der Waals surface area contributed by atoms with Gasteiger partial charge in [-0.3, -0.25) is 0 Å². The first-order chi connectivity index (χ1) is 8.43. The van der Waals surface area contributed by atoms with Crippen LogP contribution in [-0.4, -0.2) is 23.4 Å². The largest absolute Gasteiger partial charge is 0.481 e. The fourth-order valence-corrected chi connectivity index (χ4v) is 1.65. The van der Waals surface area contributed by atoms with Crippen molar-refractivity contribution in [3.63, 3.8) is 0 Å². The molecule has 1 aromatic carbocycles. The standard InChI is InChI=1S/C12H10F3NO2/c1-18-11-8(10(17)12(13,14)15)6-7-4-2-3-5-9(7)16-11/h2-6,10,17H,1H3. The topological polar surface area (TPSA) is 42.4 Å². The summed E-state index contributed by atoms with van der Waals surface area (Å²) in [5.41, 5.74) is 0.121. The monoisotopic (exact) mass is 257 g/mol. The van der Waals surface area contributed by atoms with E-state index in [4.69, 9.17) is 4.74 Å². The van der Waals surface area contributed by atoms with Crippen molar-refractivity contribution in [2.75, 3.05) is 7.11 Å². The highest BCUT2D eigenvalue weighted by Gasteiger charge is 2.41. The van der Waals surface area contributed by atoms with E-state index in [2.05, 4.69) is 4.98 Å². The van der Waals surface area contributed by atoms with E-state index in [1.165, 1.54) is 13.2 Å². The van der Waals surface area contributed by atoms with Gasteiger partial charge in [0.25, 0.3) is 0 Å². The van der Waals surface area contributed by atoms with Crippen LogP contribution in [0.25, 0.3) is 10.9 Å². The SMILES string of the molecule is COc1nc2ccccc2cc1C(O)C(F)(F)F. The van der Waals surface area contributed by atoms with E-state index in [9.17, 15) is 18.3 Å². The highest BCUT2D eigenvalue weighted by atomic mass is 19.4. The molecule has 18 heavy (non-hydrogen) atoms. The quantitative estimate of drug-likeness (QED) is 0.899. The Balaban J connectivity index is 2.62. The van der Waals surface area contributed by atoms with Crippen molar-refractivity contribution < 1.29 is 23.0 Å². The molecule has 0 fully saturated rings. The van der Waals surface area contributed by atoms with Gasteiger partial charge in [-0.2, -0.15) is 13.2 Å². The van der Waals surface area contributed by atoms with Gasteiger partial charge in [0.1, 0.15) is 0 Å². The molecule has 1 heterocycles. The summed E-state index contributed by atoms with van der Waals surface area (Å²) in [6.07, 6.45) is -7.36. The number of alkyl halides is 3. The average Bonchev–Trinajstić information content (AvgIpc) is 2.35. The predicted molar refractivity (Wildman–Crippen MR) is 59.3 cm³/mol. The Kier molecular flexibility index (Phi) is 3.13. The number of para-hydroxylation sites is 1. The Bertz CT molecular complexity index is 569. The van der Waals surface area contributed by atoms with Crippen LogP contribution in [0.1, 0.15) is 11.7 Å².